The van der Waals surface area contributed by atoms with Crippen molar-refractivity contribution in [3.8, 4) is 23.7 Å². The van der Waals surface area contributed by atoms with E-state index in [0.29, 0.717) is 23.7 Å². The minimum Gasteiger partial charge on any atom is -0.355 e. The van der Waals surface area contributed by atoms with E-state index in [1.54, 1.807) is 0 Å². The number of aryl methyl sites for hydroxylation is 1. The monoisotopic (exact) mass is 1730 g/mol. The van der Waals surface area contributed by atoms with Gasteiger partial charge >= 0.3 is 0 Å². The second kappa shape index (κ2) is 47.9. The van der Waals surface area contributed by atoms with Crippen LogP contribution >= 0.6 is 23.1 Å². The molecule has 2 aromatic carbocycles. The first-order valence-electron chi connectivity index (χ1n) is 50.0. The van der Waals surface area contributed by atoms with Crippen molar-refractivity contribution in [3.63, 3.8) is 0 Å². The largest absolute Gasteiger partial charge is 0.355 e. The molecule has 0 saturated carbocycles. The highest BCUT2D eigenvalue weighted by Gasteiger charge is 2.28. The molecule has 10 nitrogen and oxygen atoms in total. The van der Waals surface area contributed by atoms with Crippen LogP contribution in [0.3, 0.4) is 0 Å². The molecule has 7 aromatic heterocycles. The van der Waals surface area contributed by atoms with Gasteiger partial charge in [-0.05, 0) is 234 Å². The number of anilines is 1. The number of benzene rings is 2. The maximum absolute atomic E-state index is 5.61. The molecule has 5 aliphatic heterocycles. The normalized spacial score (nSPS) is 14.2. The molecule has 9 aromatic rings. The van der Waals surface area contributed by atoms with Gasteiger partial charge in [0, 0.05) is 96.5 Å². The molecule has 12 heterocycles. The summed E-state index contributed by atoms with van der Waals surface area (Å²) in [7, 11) is 0. The van der Waals surface area contributed by atoms with E-state index in [2.05, 4.69) is 298 Å². The lowest BCUT2D eigenvalue weighted by atomic mass is 9.90. The van der Waals surface area contributed by atoms with Crippen LogP contribution < -0.4 is 9.47 Å². The predicted molar refractivity (Wildman–Crippen MR) is 552 cm³/mol. The summed E-state index contributed by atoms with van der Waals surface area (Å²) < 4.78 is 3.82. The van der Waals surface area contributed by atoms with Gasteiger partial charge in [0.25, 0.3) is 5.01 Å². The molecule has 0 amide bonds. The number of rotatable bonds is 45. The maximum atomic E-state index is 5.61. The SMILES string of the molecule is CCCCCCCCCCCCN1/C(=C/C=C/C=C\c2sc3cc(C#Cc4c5nc(c(C(CC)CCCC)c6ccc(cc7nc(c(C(CC)CCCC)c8ccc4[nH]8)C=C7)[nH]6)C=C5)ccc3[n+]2CCCCCCCCCCCC)Sc2cc(C#Cc3c4nc(c(C(CC)CCCC)c5ccc(cc6nc(c(C(CC)CCCC)c7ccc3[nH]7)C=C6)[nH]5)C=C4)ccc21. The van der Waals surface area contributed by atoms with E-state index in [1.165, 1.54) is 169 Å². The van der Waals surface area contributed by atoms with Gasteiger partial charge in [0.1, 0.15) is 4.70 Å². The molecule has 16 bridgehead atoms. The number of nitrogens with one attached hydrogen (secondary N) is 4. The summed E-state index contributed by atoms with van der Waals surface area (Å²) in [5.74, 6) is 16.5. The lowest BCUT2D eigenvalue weighted by Crippen LogP contribution is -2.35. The van der Waals surface area contributed by atoms with Crippen LogP contribution in [0.25, 0.3) is 109 Å². The highest BCUT2D eigenvalue weighted by molar-refractivity contribution is 8.03. The Kier molecular flexibility index (Phi) is 35.1. The molecule has 0 aliphatic carbocycles. The number of aromatic nitrogens is 9. The standard InChI is InChI=1S/C115H143N10S2/c1-11-21-27-29-31-33-35-37-39-44-76-124-106-74-54-82(52-60-92-94-66-70-102(120-94)112(84(17-7)46-23-13-3)98-62-56-88(116-98)80-89-57-63-99(117-89)113(85(18-8)47-24-14-4)103-71-67-95(92)121-103)78-108(106)126-110(124)50-42-41-43-51-111-125(77-45-40-38-36-34-32-30-28-22-12-2)107-75-55-83(79-109(107)127-111)53-61-93-96-68-72-104(122-96)114(86(19-9)48-25-15-5)100-64-58-90(118-100)81-91-59-65-101(119-91)115(87(20-10)49-26-16-6)105-73-69-97(93)123-105/h41-43,50-51,54-59,62-75,78-81,84-87,116,118,121,123H,11-40,44-49,76-77H2,1-10H3/q+1. The summed E-state index contributed by atoms with van der Waals surface area (Å²) >= 11 is 3.75. The molecule has 4 N–H and O–H groups in total. The van der Waals surface area contributed by atoms with Crippen molar-refractivity contribution >= 4 is 138 Å². The third kappa shape index (κ3) is 24.1. The van der Waals surface area contributed by atoms with Crippen molar-refractivity contribution in [2.24, 2.45) is 0 Å². The Labute approximate surface area is 769 Å². The van der Waals surface area contributed by atoms with E-state index in [1.807, 2.05) is 23.1 Å². The Morgan fingerprint density at radius 3 is 1.24 bits per heavy atom. The molecule has 0 radical (unpaired) electrons. The molecule has 127 heavy (non-hydrogen) atoms. The summed E-state index contributed by atoms with van der Waals surface area (Å²) in [6.45, 7) is 25.1. The van der Waals surface area contributed by atoms with Crippen molar-refractivity contribution in [1.29, 1.82) is 0 Å². The van der Waals surface area contributed by atoms with Gasteiger partial charge in [-0.25, -0.2) is 19.9 Å². The first kappa shape index (κ1) is 93.2. The molecule has 5 aliphatic rings. The van der Waals surface area contributed by atoms with Crippen molar-refractivity contribution < 1.29 is 4.57 Å². The average molecular weight is 1730 g/mol. The number of thioether (sulfide) groups is 1. The molecule has 12 heteroatoms. The maximum Gasteiger partial charge on any atom is 0.262 e. The molecule has 14 rings (SSSR count). The summed E-state index contributed by atoms with van der Waals surface area (Å²) in [5.41, 5.74) is 27.7. The third-order valence-electron chi connectivity index (χ3n) is 26.8. The van der Waals surface area contributed by atoms with E-state index in [4.69, 9.17) is 19.9 Å². The summed E-state index contributed by atoms with van der Waals surface area (Å²) in [4.78, 5) is 41.5. The number of aromatic amines is 4. The first-order valence-corrected chi connectivity index (χ1v) is 51.6. The molecule has 4 unspecified atom stereocenters. The average Bonchev–Trinajstić information content (AvgIpc) is 1.65. The van der Waals surface area contributed by atoms with Gasteiger partial charge in [0.2, 0.25) is 5.52 Å². The van der Waals surface area contributed by atoms with Crippen LogP contribution in [-0.4, -0.2) is 46.4 Å². The Morgan fingerprint density at radius 1 is 0.362 bits per heavy atom. The van der Waals surface area contributed by atoms with Gasteiger partial charge in [0.15, 0.2) is 6.54 Å². The van der Waals surface area contributed by atoms with Gasteiger partial charge in [-0.3, -0.25) is 0 Å². The molecule has 4 atom stereocenters. The highest BCUT2D eigenvalue weighted by atomic mass is 32.2. The minimum absolute atomic E-state index is 0.340. The predicted octanol–water partition coefficient (Wildman–Crippen LogP) is 33.5. The van der Waals surface area contributed by atoms with E-state index in [9.17, 15) is 0 Å². The molecule has 0 fully saturated rings. The Hall–Kier alpha value is -9.98. The summed E-state index contributed by atoms with van der Waals surface area (Å²) in [6.07, 6.45) is 73.0. The zero-order valence-electron chi connectivity index (χ0n) is 78.4. The highest BCUT2D eigenvalue weighted by Crippen LogP contribution is 2.47. The van der Waals surface area contributed by atoms with Gasteiger partial charge in [0.05, 0.1) is 78.4 Å². The van der Waals surface area contributed by atoms with Gasteiger partial charge < -0.3 is 24.8 Å². The molecular weight excluding hydrogens is 1590 g/mol. The van der Waals surface area contributed by atoms with Crippen LogP contribution in [0, 0.1) is 23.7 Å². The zero-order chi connectivity index (χ0) is 88.1. The van der Waals surface area contributed by atoms with Gasteiger partial charge in [-0.15, -0.1) is 0 Å². The van der Waals surface area contributed by atoms with E-state index >= 15 is 0 Å². The minimum atomic E-state index is 0.340. The second-order valence-corrected chi connectivity index (χ2v) is 38.3. The van der Waals surface area contributed by atoms with E-state index in [0.717, 1.165) is 241 Å². The lowest BCUT2D eigenvalue weighted by Gasteiger charge is -2.20. The first-order chi connectivity index (χ1) is 62.5. The van der Waals surface area contributed by atoms with Gasteiger partial charge in [-0.1, -0.05) is 295 Å². The smallest absolute Gasteiger partial charge is 0.262 e. The van der Waals surface area contributed by atoms with Crippen molar-refractivity contribution in [1.82, 2.24) is 39.9 Å². The quantitative estimate of drug-likeness (QED) is 0.0131. The number of hydrogen-bond acceptors (Lipinski definition) is 7. The fraction of sp³-hybridized carbons (Fsp3) is 0.452. The van der Waals surface area contributed by atoms with Crippen molar-refractivity contribution in [2.45, 2.75) is 335 Å². The van der Waals surface area contributed by atoms with E-state index in [-0.39, 0.29) is 0 Å². The van der Waals surface area contributed by atoms with Crippen LogP contribution in [0.15, 0.2) is 131 Å². The second-order valence-electron chi connectivity index (χ2n) is 36.2. The molecule has 664 valence electrons. The number of thiazole rings is 1. The number of allylic oxidation sites excluding steroid dienone is 4. The van der Waals surface area contributed by atoms with Crippen molar-refractivity contribution in [3.05, 3.63) is 221 Å². The molecule has 0 saturated heterocycles. The Morgan fingerprint density at radius 2 is 0.764 bits per heavy atom. The van der Waals surface area contributed by atoms with Crippen LogP contribution in [0.4, 0.5) is 5.69 Å². The van der Waals surface area contributed by atoms with Crippen LogP contribution in [0.5, 0.6) is 0 Å². The third-order valence-corrected chi connectivity index (χ3v) is 29.1. The summed E-state index contributed by atoms with van der Waals surface area (Å²) in [5, 5.41) is 2.50. The van der Waals surface area contributed by atoms with Gasteiger partial charge in [-0.2, -0.15) is 4.57 Å². The number of nitrogens with zero attached hydrogens (tertiary/aromatic N) is 6. The van der Waals surface area contributed by atoms with Crippen LogP contribution in [0.2, 0.25) is 0 Å². The fourth-order valence-electron chi connectivity index (χ4n) is 19.6. The molecule has 0 spiro atoms. The lowest BCUT2D eigenvalue weighted by molar-refractivity contribution is -0.669. The number of unbranched alkanes of at least 4 members (excludes halogenated alkanes) is 22. The Balaban J connectivity index is 0.809. The number of fused-ring (bicyclic) bond motifs is 18. The van der Waals surface area contributed by atoms with Crippen LogP contribution in [-0.2, 0) is 6.54 Å². The fourth-order valence-corrected chi connectivity index (χ4v) is 21.8. The molecular formula is C115H143N10S2+. The zero-order valence-corrected chi connectivity index (χ0v) is 80.1. The van der Waals surface area contributed by atoms with Crippen molar-refractivity contribution in [2.75, 3.05) is 11.4 Å². The topological polar surface area (TPSA) is 122 Å². The summed E-state index contributed by atoms with van der Waals surface area (Å²) in [6, 6.07) is 36.2. The number of hydrogen-bond donors (Lipinski definition) is 4. The van der Waals surface area contributed by atoms with E-state index < -0.39 is 0 Å². The Bertz CT molecular complexity index is 5920. The van der Waals surface area contributed by atoms with Crippen LogP contribution in [0.1, 0.15) is 419 Å². The number of H-pyrrole nitrogens is 4.